The average Bonchev–Trinajstić information content (AvgIpc) is 2.69. The molecule has 1 N–H and O–H groups in total. The number of halogens is 1. The van der Waals surface area contributed by atoms with E-state index >= 15 is 0 Å². The second kappa shape index (κ2) is 4.55. The summed E-state index contributed by atoms with van der Waals surface area (Å²) >= 11 is 5.88. The summed E-state index contributed by atoms with van der Waals surface area (Å²) in [6.07, 6.45) is 3.22. The summed E-state index contributed by atoms with van der Waals surface area (Å²) in [5.74, 6) is -0.931. The zero-order valence-corrected chi connectivity index (χ0v) is 9.85. The van der Waals surface area contributed by atoms with Crippen molar-refractivity contribution in [1.82, 2.24) is 14.8 Å². The molecule has 0 aromatic carbocycles. The molecule has 5 nitrogen and oxygen atoms in total. The molecule has 17 heavy (non-hydrogen) atoms. The lowest BCUT2D eigenvalue weighted by Crippen LogP contribution is -2.08. The molecule has 2 aromatic rings. The van der Waals surface area contributed by atoms with Gasteiger partial charge in [0.05, 0.1) is 22.6 Å². The molecule has 0 amide bonds. The molecule has 2 aromatic heterocycles. The summed E-state index contributed by atoms with van der Waals surface area (Å²) in [6, 6.07) is 3.53. The highest BCUT2D eigenvalue weighted by atomic mass is 35.5. The first-order valence-corrected chi connectivity index (χ1v) is 5.32. The van der Waals surface area contributed by atoms with E-state index in [0.29, 0.717) is 5.02 Å². The van der Waals surface area contributed by atoms with Crippen molar-refractivity contribution in [2.45, 2.75) is 13.5 Å². The molecule has 2 heterocycles. The number of aryl methyl sites for hydroxylation is 1. The molecule has 0 fully saturated rings. The molecule has 0 saturated heterocycles. The van der Waals surface area contributed by atoms with Gasteiger partial charge in [-0.1, -0.05) is 11.6 Å². The third-order valence-electron chi connectivity index (χ3n) is 2.25. The lowest BCUT2D eigenvalue weighted by molar-refractivity contribution is -0.137. The van der Waals surface area contributed by atoms with Crippen LogP contribution in [0.15, 0.2) is 24.5 Å². The van der Waals surface area contributed by atoms with E-state index in [1.807, 2.05) is 6.92 Å². The van der Waals surface area contributed by atoms with Crippen molar-refractivity contribution in [1.29, 1.82) is 0 Å². The van der Waals surface area contributed by atoms with Crippen molar-refractivity contribution < 1.29 is 9.90 Å². The Morgan fingerprint density at radius 2 is 2.29 bits per heavy atom. The zero-order chi connectivity index (χ0) is 12.4. The third-order valence-corrected chi connectivity index (χ3v) is 2.65. The van der Waals surface area contributed by atoms with E-state index in [4.69, 9.17) is 16.7 Å². The van der Waals surface area contributed by atoms with E-state index in [9.17, 15) is 4.79 Å². The largest absolute Gasteiger partial charge is 0.480 e. The Bertz CT molecular complexity index is 566. The number of rotatable bonds is 3. The third kappa shape index (κ3) is 2.62. The number of pyridine rings is 1. The fraction of sp³-hybridized carbons (Fsp3) is 0.182. The van der Waals surface area contributed by atoms with Crippen LogP contribution in [0.1, 0.15) is 5.69 Å². The molecule has 0 saturated carbocycles. The fourth-order valence-corrected chi connectivity index (χ4v) is 1.53. The second-order valence-corrected chi connectivity index (χ2v) is 3.99. The van der Waals surface area contributed by atoms with Gasteiger partial charge in [-0.3, -0.25) is 14.5 Å². The minimum absolute atomic E-state index is 0.160. The van der Waals surface area contributed by atoms with E-state index in [0.717, 1.165) is 17.0 Å². The van der Waals surface area contributed by atoms with Crippen molar-refractivity contribution in [2.75, 3.05) is 0 Å². The van der Waals surface area contributed by atoms with E-state index in [1.54, 1.807) is 24.5 Å². The Hall–Kier alpha value is -1.88. The molecule has 88 valence electrons. The molecule has 0 unspecified atom stereocenters. The van der Waals surface area contributed by atoms with Gasteiger partial charge in [-0.25, -0.2) is 0 Å². The number of aliphatic carboxylic acids is 1. The van der Waals surface area contributed by atoms with Crippen LogP contribution in [0.3, 0.4) is 0 Å². The maximum atomic E-state index is 10.5. The van der Waals surface area contributed by atoms with Gasteiger partial charge in [0.15, 0.2) is 0 Å². The van der Waals surface area contributed by atoms with Gasteiger partial charge in [0.2, 0.25) is 0 Å². The van der Waals surface area contributed by atoms with Crippen LogP contribution in [-0.4, -0.2) is 25.8 Å². The molecule has 0 aliphatic rings. The smallest absolute Gasteiger partial charge is 0.325 e. The molecule has 0 bridgehead atoms. The fourth-order valence-electron chi connectivity index (χ4n) is 1.43. The SMILES string of the molecule is Cc1nc(-c2cnn(CC(=O)O)c2)ccc1Cl. The monoisotopic (exact) mass is 251 g/mol. The lowest BCUT2D eigenvalue weighted by Gasteiger charge is -2.00. The first-order valence-electron chi connectivity index (χ1n) is 4.94. The van der Waals surface area contributed by atoms with Crippen molar-refractivity contribution in [3.05, 3.63) is 35.2 Å². The standard InChI is InChI=1S/C11H10ClN3O2/c1-7-9(12)2-3-10(14-7)8-4-13-15(5-8)6-11(16)17/h2-5H,6H2,1H3,(H,16,17). The van der Waals surface area contributed by atoms with Gasteiger partial charge in [0.25, 0.3) is 0 Å². The summed E-state index contributed by atoms with van der Waals surface area (Å²) in [7, 11) is 0. The van der Waals surface area contributed by atoms with Gasteiger partial charge in [0, 0.05) is 11.8 Å². The topological polar surface area (TPSA) is 68.0 Å². The number of carboxylic acids is 1. The molecule has 0 radical (unpaired) electrons. The van der Waals surface area contributed by atoms with Gasteiger partial charge < -0.3 is 5.11 Å². The van der Waals surface area contributed by atoms with Crippen LogP contribution in [0, 0.1) is 6.92 Å². The van der Waals surface area contributed by atoms with Crippen LogP contribution < -0.4 is 0 Å². The normalized spacial score (nSPS) is 10.5. The van der Waals surface area contributed by atoms with Crippen molar-refractivity contribution in [3.63, 3.8) is 0 Å². The van der Waals surface area contributed by atoms with E-state index in [2.05, 4.69) is 10.1 Å². The molecule has 0 atom stereocenters. The van der Waals surface area contributed by atoms with E-state index in [-0.39, 0.29) is 6.54 Å². The highest BCUT2D eigenvalue weighted by Gasteiger charge is 2.06. The predicted octanol–water partition coefficient (Wildman–Crippen LogP) is 1.99. The number of hydrogen-bond acceptors (Lipinski definition) is 3. The Labute approximate surface area is 103 Å². The Kier molecular flexibility index (Phi) is 3.10. The van der Waals surface area contributed by atoms with Crippen LogP contribution in [0.4, 0.5) is 0 Å². The highest BCUT2D eigenvalue weighted by Crippen LogP contribution is 2.20. The van der Waals surface area contributed by atoms with E-state index < -0.39 is 5.97 Å². The van der Waals surface area contributed by atoms with Crippen molar-refractivity contribution in [2.24, 2.45) is 0 Å². The highest BCUT2D eigenvalue weighted by molar-refractivity contribution is 6.31. The average molecular weight is 252 g/mol. The summed E-state index contributed by atoms with van der Waals surface area (Å²) in [5, 5.41) is 13.2. The summed E-state index contributed by atoms with van der Waals surface area (Å²) in [5.41, 5.74) is 2.23. The summed E-state index contributed by atoms with van der Waals surface area (Å²) in [6.45, 7) is 1.65. The van der Waals surface area contributed by atoms with Gasteiger partial charge in [0.1, 0.15) is 6.54 Å². The van der Waals surface area contributed by atoms with Crippen LogP contribution >= 0.6 is 11.6 Å². The molecule has 0 aliphatic heterocycles. The molecular formula is C11H10ClN3O2. The Balaban J connectivity index is 2.30. The number of carbonyl (C=O) groups is 1. The predicted molar refractivity (Wildman–Crippen MR) is 62.8 cm³/mol. The molecule has 0 spiro atoms. The minimum atomic E-state index is -0.931. The first kappa shape index (κ1) is 11.6. The maximum absolute atomic E-state index is 10.5. The molecule has 6 heteroatoms. The summed E-state index contributed by atoms with van der Waals surface area (Å²) in [4.78, 5) is 14.8. The molecular weight excluding hydrogens is 242 g/mol. The Morgan fingerprint density at radius 1 is 1.53 bits per heavy atom. The zero-order valence-electron chi connectivity index (χ0n) is 9.09. The molecule has 0 aliphatic carbocycles. The Morgan fingerprint density at radius 3 is 2.94 bits per heavy atom. The van der Waals surface area contributed by atoms with E-state index in [1.165, 1.54) is 4.68 Å². The maximum Gasteiger partial charge on any atom is 0.325 e. The van der Waals surface area contributed by atoms with Crippen LogP contribution in [0.2, 0.25) is 5.02 Å². The molecule has 2 rings (SSSR count). The van der Waals surface area contributed by atoms with Gasteiger partial charge in [-0.2, -0.15) is 5.10 Å². The van der Waals surface area contributed by atoms with Crippen molar-refractivity contribution in [3.8, 4) is 11.3 Å². The van der Waals surface area contributed by atoms with Gasteiger partial charge in [-0.15, -0.1) is 0 Å². The van der Waals surface area contributed by atoms with Crippen LogP contribution in [0.25, 0.3) is 11.3 Å². The lowest BCUT2D eigenvalue weighted by atomic mass is 10.2. The minimum Gasteiger partial charge on any atom is -0.480 e. The number of carboxylic acid groups (broad SMARTS) is 1. The van der Waals surface area contributed by atoms with Crippen LogP contribution in [-0.2, 0) is 11.3 Å². The van der Waals surface area contributed by atoms with Crippen molar-refractivity contribution >= 4 is 17.6 Å². The first-order chi connectivity index (χ1) is 8.06. The summed E-state index contributed by atoms with van der Waals surface area (Å²) < 4.78 is 1.35. The number of nitrogens with zero attached hydrogens (tertiary/aromatic N) is 3. The van der Waals surface area contributed by atoms with Gasteiger partial charge >= 0.3 is 5.97 Å². The second-order valence-electron chi connectivity index (χ2n) is 3.58. The number of hydrogen-bond donors (Lipinski definition) is 1. The van der Waals surface area contributed by atoms with Gasteiger partial charge in [-0.05, 0) is 19.1 Å². The van der Waals surface area contributed by atoms with Crippen LogP contribution in [0.5, 0.6) is 0 Å². The number of aromatic nitrogens is 3. The quantitative estimate of drug-likeness (QED) is 0.906.